The van der Waals surface area contributed by atoms with Gasteiger partial charge in [-0.1, -0.05) is 63.2 Å². The average molecular weight is 498 g/mol. The topological polar surface area (TPSA) is 56.2 Å². The number of hydrogen-bond donors (Lipinski definition) is 1. The van der Waals surface area contributed by atoms with Crippen LogP contribution in [0.2, 0.25) is 0 Å². The molecule has 4 aromatic rings. The fraction of sp³-hybridized carbons (Fsp3) is 0.375. The summed E-state index contributed by atoms with van der Waals surface area (Å²) in [7, 11) is 0. The van der Waals surface area contributed by atoms with Crippen LogP contribution < -0.4 is 10.1 Å². The van der Waals surface area contributed by atoms with Crippen molar-refractivity contribution in [2.45, 2.75) is 65.3 Å². The van der Waals surface area contributed by atoms with Crippen molar-refractivity contribution < 1.29 is 9.53 Å². The second-order valence-electron chi connectivity index (χ2n) is 10.7. The molecule has 3 aromatic carbocycles. The number of carbonyl (C=O) groups is 1. The lowest BCUT2D eigenvalue weighted by Gasteiger charge is -2.19. The fourth-order valence-electron chi connectivity index (χ4n) is 4.55. The van der Waals surface area contributed by atoms with E-state index in [1.54, 1.807) is 0 Å². The molecule has 1 heterocycles. The van der Waals surface area contributed by atoms with Crippen molar-refractivity contribution in [1.29, 1.82) is 0 Å². The van der Waals surface area contributed by atoms with Crippen molar-refractivity contribution in [3.63, 3.8) is 0 Å². The number of carbonyl (C=O) groups excluding carboxylic acids is 1. The number of aryl methyl sites for hydroxylation is 3. The number of benzene rings is 3. The molecule has 37 heavy (non-hydrogen) atoms. The number of amides is 1. The van der Waals surface area contributed by atoms with E-state index >= 15 is 0 Å². The minimum atomic E-state index is -0.0142. The van der Waals surface area contributed by atoms with E-state index in [9.17, 15) is 4.79 Å². The van der Waals surface area contributed by atoms with E-state index in [-0.39, 0.29) is 11.3 Å². The predicted octanol–water partition coefficient (Wildman–Crippen LogP) is 6.86. The molecule has 0 atom stereocenters. The molecule has 1 aromatic heterocycles. The van der Waals surface area contributed by atoms with Crippen LogP contribution in [0, 0.1) is 6.92 Å². The maximum Gasteiger partial charge on any atom is 0.251 e. The van der Waals surface area contributed by atoms with Gasteiger partial charge in [-0.3, -0.25) is 4.79 Å². The van der Waals surface area contributed by atoms with Gasteiger partial charge in [0.2, 0.25) is 0 Å². The van der Waals surface area contributed by atoms with Gasteiger partial charge >= 0.3 is 0 Å². The highest BCUT2D eigenvalue weighted by atomic mass is 16.5. The monoisotopic (exact) mass is 497 g/mol. The Hall–Kier alpha value is -3.60. The van der Waals surface area contributed by atoms with E-state index in [0.717, 1.165) is 60.4 Å². The largest absolute Gasteiger partial charge is 0.494 e. The molecule has 0 aliphatic carbocycles. The Bertz CT molecular complexity index is 1320. The van der Waals surface area contributed by atoms with Crippen LogP contribution in [0.4, 0.5) is 0 Å². The number of aromatic nitrogens is 2. The average Bonchev–Trinajstić information content (AvgIpc) is 3.23. The predicted molar refractivity (Wildman–Crippen MR) is 151 cm³/mol. The lowest BCUT2D eigenvalue weighted by atomic mass is 9.87. The van der Waals surface area contributed by atoms with Crippen molar-refractivity contribution in [2.75, 3.05) is 13.2 Å². The van der Waals surface area contributed by atoms with Crippen LogP contribution in [0.1, 0.15) is 67.3 Å². The molecule has 0 spiro atoms. The van der Waals surface area contributed by atoms with Crippen LogP contribution in [-0.2, 0) is 18.4 Å². The van der Waals surface area contributed by atoms with Crippen LogP contribution in [0.3, 0.4) is 0 Å². The maximum atomic E-state index is 12.5. The second-order valence-corrected chi connectivity index (χ2v) is 10.7. The number of imidazole rings is 1. The van der Waals surface area contributed by atoms with Gasteiger partial charge in [-0.2, -0.15) is 0 Å². The molecule has 0 fully saturated rings. The normalized spacial score (nSPS) is 11.6. The summed E-state index contributed by atoms with van der Waals surface area (Å²) >= 11 is 0. The summed E-state index contributed by atoms with van der Waals surface area (Å²) in [4.78, 5) is 17.4. The third-order valence-corrected chi connectivity index (χ3v) is 6.75. The first kappa shape index (κ1) is 26.5. The number of nitrogens with one attached hydrogen (secondary N) is 1. The maximum absolute atomic E-state index is 12.5. The summed E-state index contributed by atoms with van der Waals surface area (Å²) in [5.41, 5.74) is 5.39. The van der Waals surface area contributed by atoms with Gasteiger partial charge in [0.1, 0.15) is 11.6 Å². The third-order valence-electron chi connectivity index (χ3n) is 6.75. The lowest BCUT2D eigenvalue weighted by Crippen LogP contribution is -2.25. The minimum absolute atomic E-state index is 0.0142. The first-order valence-corrected chi connectivity index (χ1v) is 13.3. The molecule has 5 nitrogen and oxygen atoms in total. The zero-order valence-electron chi connectivity index (χ0n) is 22.6. The minimum Gasteiger partial charge on any atom is -0.494 e. The number of fused-ring (bicyclic) bond motifs is 1. The molecule has 5 heteroatoms. The molecule has 0 radical (unpaired) electrons. The first-order valence-electron chi connectivity index (χ1n) is 13.3. The molecule has 0 bridgehead atoms. The highest BCUT2D eigenvalue weighted by Gasteiger charge is 2.13. The van der Waals surface area contributed by atoms with Crippen molar-refractivity contribution in [2.24, 2.45) is 0 Å². The van der Waals surface area contributed by atoms with Gasteiger partial charge in [0, 0.05) is 25.1 Å². The van der Waals surface area contributed by atoms with Gasteiger partial charge in [-0.25, -0.2) is 4.98 Å². The molecule has 1 amide bonds. The van der Waals surface area contributed by atoms with E-state index in [2.05, 4.69) is 73.1 Å². The van der Waals surface area contributed by atoms with Crippen LogP contribution in [-0.4, -0.2) is 28.6 Å². The zero-order valence-corrected chi connectivity index (χ0v) is 22.6. The Balaban J connectivity index is 1.28. The van der Waals surface area contributed by atoms with Crippen molar-refractivity contribution in [3.05, 3.63) is 95.3 Å². The van der Waals surface area contributed by atoms with E-state index in [4.69, 9.17) is 9.72 Å². The van der Waals surface area contributed by atoms with Crippen LogP contribution >= 0.6 is 0 Å². The van der Waals surface area contributed by atoms with Crippen molar-refractivity contribution in [1.82, 2.24) is 14.9 Å². The Morgan fingerprint density at radius 3 is 2.41 bits per heavy atom. The lowest BCUT2D eigenvalue weighted by molar-refractivity contribution is 0.0952. The molecule has 0 aliphatic rings. The Labute approximate surface area is 220 Å². The van der Waals surface area contributed by atoms with Crippen LogP contribution in [0.5, 0.6) is 5.75 Å². The highest BCUT2D eigenvalue weighted by molar-refractivity contribution is 5.95. The number of unbranched alkanes of at least 4 members (excludes halogenated alkanes) is 1. The van der Waals surface area contributed by atoms with Gasteiger partial charge in [0.25, 0.3) is 5.91 Å². The van der Waals surface area contributed by atoms with E-state index in [1.165, 1.54) is 11.1 Å². The summed E-state index contributed by atoms with van der Waals surface area (Å²) in [5, 5.41) is 3.06. The molecule has 0 aliphatic heterocycles. The number of ether oxygens (including phenoxy) is 1. The second kappa shape index (κ2) is 12.1. The number of para-hydroxylation sites is 2. The molecule has 194 valence electrons. The number of rotatable bonds is 11. The molecule has 0 unspecified atom stereocenters. The van der Waals surface area contributed by atoms with Crippen LogP contribution in [0.25, 0.3) is 11.0 Å². The van der Waals surface area contributed by atoms with Gasteiger partial charge in [0.05, 0.1) is 17.6 Å². The Kier molecular flexibility index (Phi) is 8.65. The Morgan fingerprint density at radius 1 is 0.919 bits per heavy atom. The zero-order chi connectivity index (χ0) is 26.3. The van der Waals surface area contributed by atoms with Crippen molar-refractivity contribution >= 4 is 16.9 Å². The standard InChI is InChI=1S/C32H39N3O2/c1-24-12-5-6-13-27(24)31(36)33-21-11-16-30-34-28-14-7-8-15-29(28)35(30)22-9-10-23-37-26-19-17-25(18-20-26)32(2,3)4/h5-8,12-15,17-20H,9-11,16,21-23H2,1-4H3,(H,33,36). The van der Waals surface area contributed by atoms with Crippen LogP contribution in [0.15, 0.2) is 72.8 Å². The van der Waals surface area contributed by atoms with Gasteiger partial charge in [-0.05, 0) is 73.1 Å². The summed E-state index contributed by atoms with van der Waals surface area (Å²) in [6.45, 7) is 10.8. The van der Waals surface area contributed by atoms with Gasteiger partial charge in [-0.15, -0.1) is 0 Å². The first-order chi connectivity index (χ1) is 17.8. The molecular weight excluding hydrogens is 458 g/mol. The summed E-state index contributed by atoms with van der Waals surface area (Å²) in [6.07, 6.45) is 3.64. The van der Waals surface area contributed by atoms with Gasteiger partial charge in [0.15, 0.2) is 0 Å². The Morgan fingerprint density at radius 2 is 1.65 bits per heavy atom. The molecule has 0 saturated carbocycles. The quantitative estimate of drug-likeness (QED) is 0.230. The molecule has 1 N–H and O–H groups in total. The molecule has 0 saturated heterocycles. The SMILES string of the molecule is Cc1ccccc1C(=O)NCCCc1nc2ccccc2n1CCCCOc1ccc(C(C)(C)C)cc1. The van der Waals surface area contributed by atoms with E-state index in [1.807, 2.05) is 37.3 Å². The molecular formula is C32H39N3O2. The third kappa shape index (κ3) is 7.00. The van der Waals surface area contributed by atoms with E-state index < -0.39 is 0 Å². The van der Waals surface area contributed by atoms with E-state index in [0.29, 0.717) is 13.2 Å². The number of hydrogen-bond acceptors (Lipinski definition) is 3. The fourth-order valence-corrected chi connectivity index (χ4v) is 4.55. The highest BCUT2D eigenvalue weighted by Crippen LogP contribution is 2.24. The van der Waals surface area contributed by atoms with Crippen molar-refractivity contribution in [3.8, 4) is 5.75 Å². The van der Waals surface area contributed by atoms with Gasteiger partial charge < -0.3 is 14.6 Å². The molecule has 4 rings (SSSR count). The number of nitrogens with zero attached hydrogens (tertiary/aromatic N) is 2. The summed E-state index contributed by atoms with van der Waals surface area (Å²) < 4.78 is 8.32. The summed E-state index contributed by atoms with van der Waals surface area (Å²) in [5.74, 6) is 1.99. The smallest absolute Gasteiger partial charge is 0.251 e. The summed E-state index contributed by atoms with van der Waals surface area (Å²) in [6, 6.07) is 24.4.